The van der Waals surface area contributed by atoms with Crippen LogP contribution in [0.15, 0.2) is 60.7 Å². The van der Waals surface area contributed by atoms with Crippen molar-refractivity contribution in [1.82, 2.24) is 4.98 Å². The summed E-state index contributed by atoms with van der Waals surface area (Å²) in [6, 6.07) is 21.3. The lowest BCUT2D eigenvalue weighted by Crippen LogP contribution is -1.78. The molecule has 5 aromatic rings. The van der Waals surface area contributed by atoms with E-state index in [-0.39, 0.29) is 0 Å². The van der Waals surface area contributed by atoms with Crippen LogP contribution >= 0.6 is 34.5 Å². The summed E-state index contributed by atoms with van der Waals surface area (Å²) in [4.78, 5) is 3.10. The Labute approximate surface area is 152 Å². The van der Waals surface area contributed by atoms with E-state index < -0.39 is 0 Å². The van der Waals surface area contributed by atoms with Crippen molar-refractivity contribution in [3.63, 3.8) is 0 Å². The van der Waals surface area contributed by atoms with Crippen LogP contribution in [0.1, 0.15) is 0 Å². The second kappa shape index (κ2) is 5.25. The lowest BCUT2D eigenvalue weighted by Gasteiger charge is -2.04. The van der Waals surface area contributed by atoms with E-state index in [1.807, 2.05) is 17.4 Å². The highest BCUT2D eigenvalue weighted by molar-refractivity contribution is 7.26. The highest BCUT2D eigenvalue weighted by Gasteiger charge is 2.12. The van der Waals surface area contributed by atoms with Gasteiger partial charge in [0, 0.05) is 31.1 Å². The summed E-state index contributed by atoms with van der Waals surface area (Å²) in [5.74, 6) is 0. The Morgan fingerprint density at radius 2 is 1.62 bits per heavy atom. The summed E-state index contributed by atoms with van der Waals surface area (Å²) in [6.45, 7) is 0. The summed E-state index contributed by atoms with van der Waals surface area (Å²) in [5.41, 5.74) is 3.33. The van der Waals surface area contributed by atoms with Crippen molar-refractivity contribution in [2.75, 3.05) is 0 Å². The maximum atomic E-state index is 6.32. The number of fused-ring (bicyclic) bond motifs is 4. The number of thiophene rings is 1. The van der Waals surface area contributed by atoms with Gasteiger partial charge in [0.1, 0.15) is 5.15 Å². The molecule has 0 atom stereocenters. The molecule has 0 amide bonds. The first-order chi connectivity index (χ1) is 11.7. The highest BCUT2D eigenvalue weighted by Crippen LogP contribution is 2.41. The molecule has 0 unspecified atom stereocenters. The number of rotatable bonds is 1. The minimum absolute atomic E-state index is 0.490. The number of aromatic amines is 1. The van der Waals surface area contributed by atoms with Gasteiger partial charge in [0.05, 0.1) is 5.02 Å². The fourth-order valence-electron chi connectivity index (χ4n) is 3.27. The first-order valence-electron chi connectivity index (χ1n) is 7.60. The van der Waals surface area contributed by atoms with E-state index in [2.05, 4.69) is 59.6 Å². The molecule has 0 fully saturated rings. The van der Waals surface area contributed by atoms with Gasteiger partial charge in [0.25, 0.3) is 0 Å². The predicted molar refractivity (Wildman–Crippen MR) is 107 cm³/mol. The van der Waals surface area contributed by atoms with Crippen molar-refractivity contribution < 1.29 is 0 Å². The Kier molecular flexibility index (Phi) is 3.14. The molecule has 0 bridgehead atoms. The molecule has 0 radical (unpaired) electrons. The molecular formula is C20H11Cl2NS. The van der Waals surface area contributed by atoms with Crippen LogP contribution in [0.3, 0.4) is 0 Å². The van der Waals surface area contributed by atoms with E-state index in [0.29, 0.717) is 10.2 Å². The third-order valence-corrected chi connectivity index (χ3v) is 6.40. The Bertz CT molecular complexity index is 1230. The van der Waals surface area contributed by atoms with E-state index in [1.165, 1.54) is 25.7 Å². The highest BCUT2D eigenvalue weighted by atomic mass is 35.5. The average Bonchev–Trinajstić information content (AvgIpc) is 3.12. The van der Waals surface area contributed by atoms with Crippen LogP contribution in [0, 0.1) is 0 Å². The zero-order valence-corrected chi connectivity index (χ0v) is 14.8. The van der Waals surface area contributed by atoms with Crippen LogP contribution in [-0.2, 0) is 0 Å². The smallest absolute Gasteiger partial charge is 0.126 e. The number of nitrogens with one attached hydrogen (secondary N) is 1. The van der Waals surface area contributed by atoms with Crippen molar-refractivity contribution >= 4 is 65.6 Å². The molecule has 3 aromatic carbocycles. The molecule has 5 rings (SSSR count). The van der Waals surface area contributed by atoms with Gasteiger partial charge >= 0.3 is 0 Å². The Balaban J connectivity index is 1.84. The van der Waals surface area contributed by atoms with Gasteiger partial charge in [-0.2, -0.15) is 0 Å². The minimum Gasteiger partial charge on any atom is -0.344 e. The van der Waals surface area contributed by atoms with E-state index in [9.17, 15) is 0 Å². The molecule has 4 heteroatoms. The Morgan fingerprint density at radius 1 is 0.792 bits per heavy atom. The first-order valence-corrected chi connectivity index (χ1v) is 9.17. The summed E-state index contributed by atoms with van der Waals surface area (Å²) in [7, 11) is 0. The molecular weight excluding hydrogens is 357 g/mol. The fourth-order valence-corrected chi connectivity index (χ4v) is 4.91. The molecule has 1 nitrogen and oxygen atoms in total. The average molecular weight is 368 g/mol. The largest absolute Gasteiger partial charge is 0.344 e. The van der Waals surface area contributed by atoms with Crippen LogP contribution in [-0.4, -0.2) is 4.98 Å². The Morgan fingerprint density at radius 3 is 2.54 bits per heavy atom. The van der Waals surface area contributed by atoms with Crippen LogP contribution in [0.25, 0.3) is 42.2 Å². The zero-order valence-electron chi connectivity index (χ0n) is 12.4. The topological polar surface area (TPSA) is 15.8 Å². The quantitative estimate of drug-likeness (QED) is 0.315. The van der Waals surface area contributed by atoms with Crippen molar-refractivity contribution in [3.05, 3.63) is 70.8 Å². The predicted octanol–water partition coefficient (Wildman–Crippen LogP) is 7.51. The van der Waals surface area contributed by atoms with E-state index in [1.54, 1.807) is 0 Å². The SMILES string of the molecule is Clc1[nH]c2ccc(-c3cccc4c3sc3ccccc34)cc2c1Cl. The third-order valence-electron chi connectivity index (χ3n) is 4.41. The molecule has 0 aliphatic carbocycles. The zero-order chi connectivity index (χ0) is 16.3. The number of halogens is 2. The van der Waals surface area contributed by atoms with Crippen LogP contribution in [0.5, 0.6) is 0 Å². The van der Waals surface area contributed by atoms with Gasteiger partial charge < -0.3 is 4.98 Å². The minimum atomic E-state index is 0.490. The number of hydrogen-bond donors (Lipinski definition) is 1. The van der Waals surface area contributed by atoms with Gasteiger partial charge in [-0.15, -0.1) is 11.3 Å². The second-order valence-corrected chi connectivity index (χ2v) is 7.60. The monoisotopic (exact) mass is 367 g/mol. The lowest BCUT2D eigenvalue weighted by molar-refractivity contribution is 1.47. The maximum absolute atomic E-state index is 6.32. The molecule has 2 aromatic heterocycles. The molecule has 24 heavy (non-hydrogen) atoms. The van der Waals surface area contributed by atoms with Crippen LogP contribution in [0.2, 0.25) is 10.2 Å². The molecule has 0 saturated heterocycles. The normalized spacial score (nSPS) is 11.8. The number of aromatic nitrogens is 1. The van der Waals surface area contributed by atoms with E-state index in [0.717, 1.165) is 16.5 Å². The number of benzene rings is 3. The molecule has 0 saturated carbocycles. The molecule has 1 N–H and O–H groups in total. The van der Waals surface area contributed by atoms with Gasteiger partial charge in [-0.3, -0.25) is 0 Å². The third kappa shape index (κ3) is 2.01. The fraction of sp³-hybridized carbons (Fsp3) is 0. The second-order valence-electron chi connectivity index (χ2n) is 5.79. The van der Waals surface area contributed by atoms with Crippen LogP contribution in [0.4, 0.5) is 0 Å². The van der Waals surface area contributed by atoms with Gasteiger partial charge in [-0.25, -0.2) is 0 Å². The maximum Gasteiger partial charge on any atom is 0.126 e. The lowest BCUT2D eigenvalue weighted by atomic mass is 10.0. The summed E-state index contributed by atoms with van der Waals surface area (Å²) < 4.78 is 2.61. The van der Waals surface area contributed by atoms with Crippen molar-refractivity contribution in [2.24, 2.45) is 0 Å². The van der Waals surface area contributed by atoms with Gasteiger partial charge in [0.2, 0.25) is 0 Å². The van der Waals surface area contributed by atoms with Crippen LogP contribution < -0.4 is 0 Å². The number of H-pyrrole nitrogens is 1. The molecule has 116 valence electrons. The first kappa shape index (κ1) is 14.4. The molecule has 0 spiro atoms. The molecule has 2 heterocycles. The summed E-state index contributed by atoms with van der Waals surface area (Å²) >= 11 is 14.3. The van der Waals surface area contributed by atoms with Gasteiger partial charge in [-0.1, -0.05) is 65.7 Å². The standard InChI is InChI=1S/C20H11Cl2NS/c21-18-15-10-11(8-9-16(15)23-20(18)22)12-5-3-6-14-13-4-1-2-7-17(13)24-19(12)14/h1-10,23H. The van der Waals surface area contributed by atoms with Crippen molar-refractivity contribution in [3.8, 4) is 11.1 Å². The summed E-state index contributed by atoms with van der Waals surface area (Å²) in [5, 5.41) is 4.63. The molecule has 0 aliphatic heterocycles. The van der Waals surface area contributed by atoms with Crippen molar-refractivity contribution in [2.45, 2.75) is 0 Å². The van der Waals surface area contributed by atoms with Crippen molar-refractivity contribution in [1.29, 1.82) is 0 Å². The van der Waals surface area contributed by atoms with E-state index in [4.69, 9.17) is 23.2 Å². The van der Waals surface area contributed by atoms with Gasteiger partial charge in [-0.05, 0) is 29.3 Å². The van der Waals surface area contributed by atoms with Gasteiger partial charge in [0.15, 0.2) is 0 Å². The summed E-state index contributed by atoms with van der Waals surface area (Å²) in [6.07, 6.45) is 0. The number of hydrogen-bond acceptors (Lipinski definition) is 1. The molecule has 0 aliphatic rings. The van der Waals surface area contributed by atoms with E-state index >= 15 is 0 Å². The Hall–Kier alpha value is -2.00.